The Morgan fingerprint density at radius 1 is 1.31 bits per heavy atom. The van der Waals surface area contributed by atoms with E-state index in [2.05, 4.69) is 40.2 Å². The molecule has 2 heterocycles. The molecule has 1 aliphatic heterocycles. The van der Waals surface area contributed by atoms with Gasteiger partial charge in [-0.1, -0.05) is 30.9 Å². The third-order valence-corrected chi connectivity index (χ3v) is 5.68. The molecule has 0 saturated carbocycles. The van der Waals surface area contributed by atoms with E-state index in [-0.39, 0.29) is 11.9 Å². The number of benzene rings is 1. The van der Waals surface area contributed by atoms with E-state index in [1.807, 2.05) is 49.1 Å². The molecule has 3 rings (SSSR count). The Kier molecular flexibility index (Phi) is 8.56. The molecule has 0 unspecified atom stereocenters. The van der Waals surface area contributed by atoms with Crippen LogP contribution in [0.1, 0.15) is 48.2 Å². The second-order valence-corrected chi connectivity index (χ2v) is 8.66. The van der Waals surface area contributed by atoms with Gasteiger partial charge in [0.05, 0.1) is 0 Å². The van der Waals surface area contributed by atoms with Gasteiger partial charge >= 0.3 is 0 Å². The molecule has 0 spiro atoms. The van der Waals surface area contributed by atoms with E-state index in [1.54, 1.807) is 12.3 Å². The van der Waals surface area contributed by atoms with Gasteiger partial charge in [-0.15, -0.1) is 0 Å². The molecule has 0 bridgehead atoms. The van der Waals surface area contributed by atoms with Crippen LogP contribution in [0.25, 0.3) is 0 Å². The van der Waals surface area contributed by atoms with Crippen LogP contribution < -0.4 is 15.5 Å². The number of carbonyl (C=O) groups is 1. The first-order valence-corrected chi connectivity index (χ1v) is 11.5. The number of aryl methyl sites for hydroxylation is 1. The van der Waals surface area contributed by atoms with Crippen molar-refractivity contribution in [2.75, 3.05) is 29.9 Å². The number of hydrogen-bond donors (Lipinski definition) is 2. The van der Waals surface area contributed by atoms with Crippen molar-refractivity contribution in [1.82, 2.24) is 15.3 Å². The van der Waals surface area contributed by atoms with Crippen LogP contribution in [-0.4, -0.2) is 41.6 Å². The highest BCUT2D eigenvalue weighted by Crippen LogP contribution is 2.23. The average molecular weight is 434 g/mol. The zero-order chi connectivity index (χ0) is 22.9. The molecule has 1 aliphatic rings. The zero-order valence-corrected chi connectivity index (χ0v) is 19.5. The Hall–Kier alpha value is -2.99. The van der Waals surface area contributed by atoms with Crippen molar-refractivity contribution in [2.24, 2.45) is 5.92 Å². The number of aromatic nitrogens is 2. The molecule has 6 nitrogen and oxygen atoms in total. The molecule has 0 radical (unpaired) electrons. The summed E-state index contributed by atoms with van der Waals surface area (Å²) in [6.45, 7) is 12.5. The topological polar surface area (TPSA) is 70.2 Å². The van der Waals surface area contributed by atoms with Crippen LogP contribution in [0.5, 0.6) is 0 Å². The van der Waals surface area contributed by atoms with Gasteiger partial charge in [-0.25, -0.2) is 4.98 Å². The predicted molar refractivity (Wildman–Crippen MR) is 132 cm³/mol. The normalized spacial score (nSPS) is 14.6. The maximum Gasteiger partial charge on any atom is 0.259 e. The van der Waals surface area contributed by atoms with Crippen LogP contribution in [0.2, 0.25) is 0 Å². The van der Waals surface area contributed by atoms with Crippen molar-refractivity contribution < 1.29 is 4.79 Å². The third kappa shape index (κ3) is 6.50. The van der Waals surface area contributed by atoms with E-state index in [0.29, 0.717) is 29.8 Å². The molecule has 1 fully saturated rings. The van der Waals surface area contributed by atoms with Gasteiger partial charge in [0.15, 0.2) is 0 Å². The number of piperidine rings is 1. The summed E-state index contributed by atoms with van der Waals surface area (Å²) in [4.78, 5) is 24.5. The molecule has 0 atom stereocenters. The van der Waals surface area contributed by atoms with Crippen LogP contribution in [-0.2, 0) is 6.42 Å². The Morgan fingerprint density at radius 2 is 2.09 bits per heavy atom. The minimum absolute atomic E-state index is 0.0194. The number of allylic oxidation sites excluding steroid dienone is 3. The Bertz CT molecular complexity index is 947. The average Bonchev–Trinajstić information content (AvgIpc) is 2.78. The highest BCUT2D eigenvalue weighted by molar-refractivity contribution is 6.05. The molecule has 170 valence electrons. The van der Waals surface area contributed by atoms with Gasteiger partial charge in [0, 0.05) is 24.3 Å². The third-order valence-electron chi connectivity index (χ3n) is 5.68. The zero-order valence-electron chi connectivity index (χ0n) is 19.5. The van der Waals surface area contributed by atoms with Gasteiger partial charge in [0.1, 0.15) is 5.82 Å². The van der Waals surface area contributed by atoms with Crippen molar-refractivity contribution in [1.29, 1.82) is 0 Å². The van der Waals surface area contributed by atoms with E-state index in [0.717, 1.165) is 37.9 Å². The molecule has 32 heavy (non-hydrogen) atoms. The molecule has 2 aromatic rings. The summed E-state index contributed by atoms with van der Waals surface area (Å²) in [7, 11) is 0. The summed E-state index contributed by atoms with van der Waals surface area (Å²) in [5.74, 6) is 1.61. The minimum Gasteiger partial charge on any atom is -0.352 e. The van der Waals surface area contributed by atoms with Gasteiger partial charge in [-0.05, 0) is 88.4 Å². The predicted octanol–water partition coefficient (Wildman–Crippen LogP) is 4.54. The van der Waals surface area contributed by atoms with Crippen molar-refractivity contribution in [3.8, 4) is 0 Å². The van der Waals surface area contributed by atoms with Gasteiger partial charge in [-0.3, -0.25) is 9.69 Å². The number of nitrogens with one attached hydrogen (secondary N) is 2. The molecule has 1 aromatic heterocycles. The molecule has 6 heteroatoms. The SMILES string of the molecule is C=C/C=C\Cc1ccc(C(=O)N(CC2CCNCC2)c2ccnc(NC(C)C)n2)cc1C. The largest absolute Gasteiger partial charge is 0.352 e. The van der Waals surface area contributed by atoms with Crippen LogP contribution in [0.15, 0.2) is 55.3 Å². The van der Waals surface area contributed by atoms with Crippen molar-refractivity contribution >= 4 is 17.7 Å². The highest BCUT2D eigenvalue weighted by atomic mass is 16.2. The smallest absolute Gasteiger partial charge is 0.259 e. The van der Waals surface area contributed by atoms with E-state index < -0.39 is 0 Å². The van der Waals surface area contributed by atoms with Gasteiger partial charge in [0.2, 0.25) is 5.95 Å². The minimum atomic E-state index is -0.0194. The fraction of sp³-hybridized carbons (Fsp3) is 0.423. The van der Waals surface area contributed by atoms with Crippen molar-refractivity contribution in [3.05, 3.63) is 72.0 Å². The standard InChI is InChI=1S/C26H35N5O/c1-5-6-7-8-22-9-10-23(17-20(22)4)25(32)31(18-21-11-14-27-15-12-21)24-13-16-28-26(30-24)29-19(2)3/h5-7,9-10,13,16-17,19,21,27H,1,8,11-12,14-15,18H2,2-4H3,(H,28,29,30)/b7-6-. The number of nitrogens with zero attached hydrogens (tertiary/aromatic N) is 3. The Balaban J connectivity index is 1.88. The summed E-state index contributed by atoms with van der Waals surface area (Å²) in [5.41, 5.74) is 3.00. The van der Waals surface area contributed by atoms with E-state index in [9.17, 15) is 4.79 Å². The molecule has 1 amide bonds. The molecular weight excluding hydrogens is 398 g/mol. The second kappa shape index (κ2) is 11.6. The molecule has 1 aromatic carbocycles. The summed E-state index contributed by atoms with van der Waals surface area (Å²) in [5, 5.41) is 6.64. The second-order valence-electron chi connectivity index (χ2n) is 8.66. The van der Waals surface area contributed by atoms with Crippen LogP contribution in [0.4, 0.5) is 11.8 Å². The lowest BCUT2D eigenvalue weighted by Gasteiger charge is -2.30. The Labute approximate surface area is 191 Å². The Morgan fingerprint density at radius 3 is 2.78 bits per heavy atom. The van der Waals surface area contributed by atoms with Gasteiger partial charge in [-0.2, -0.15) is 4.98 Å². The maximum atomic E-state index is 13.7. The van der Waals surface area contributed by atoms with Crippen LogP contribution in [0, 0.1) is 12.8 Å². The number of anilines is 2. The first-order valence-electron chi connectivity index (χ1n) is 11.5. The summed E-state index contributed by atoms with van der Waals surface area (Å²) >= 11 is 0. The fourth-order valence-electron chi connectivity index (χ4n) is 3.94. The molecule has 1 saturated heterocycles. The monoisotopic (exact) mass is 433 g/mol. The highest BCUT2D eigenvalue weighted by Gasteiger charge is 2.25. The molecule has 2 N–H and O–H groups in total. The van der Waals surface area contributed by atoms with Crippen LogP contribution in [0.3, 0.4) is 0 Å². The number of rotatable bonds is 9. The van der Waals surface area contributed by atoms with Crippen molar-refractivity contribution in [2.45, 2.75) is 46.1 Å². The maximum absolute atomic E-state index is 13.7. The lowest BCUT2D eigenvalue weighted by molar-refractivity contribution is 0.0980. The van der Waals surface area contributed by atoms with E-state index >= 15 is 0 Å². The van der Waals surface area contributed by atoms with Gasteiger partial charge < -0.3 is 10.6 Å². The quantitative estimate of drug-likeness (QED) is 0.568. The summed E-state index contributed by atoms with van der Waals surface area (Å²) < 4.78 is 0. The number of hydrogen-bond acceptors (Lipinski definition) is 5. The number of carbonyl (C=O) groups excluding carboxylic acids is 1. The van der Waals surface area contributed by atoms with Gasteiger partial charge in [0.25, 0.3) is 5.91 Å². The van der Waals surface area contributed by atoms with Crippen molar-refractivity contribution in [3.63, 3.8) is 0 Å². The summed E-state index contributed by atoms with van der Waals surface area (Å²) in [6.07, 6.45) is 10.4. The first kappa shape index (κ1) is 23.7. The molecule has 0 aliphatic carbocycles. The van der Waals surface area contributed by atoms with E-state index in [4.69, 9.17) is 0 Å². The fourth-order valence-corrected chi connectivity index (χ4v) is 3.94. The lowest BCUT2D eigenvalue weighted by atomic mass is 9.96. The van der Waals surface area contributed by atoms with E-state index in [1.165, 1.54) is 5.56 Å². The number of amides is 1. The molecular formula is C26H35N5O. The summed E-state index contributed by atoms with van der Waals surface area (Å²) in [6, 6.07) is 8.00. The lowest BCUT2D eigenvalue weighted by Crippen LogP contribution is -2.40. The first-order chi connectivity index (χ1) is 15.5. The van der Waals surface area contributed by atoms with Crippen LogP contribution >= 0.6 is 0 Å².